The van der Waals surface area contributed by atoms with Crippen molar-refractivity contribution in [2.45, 2.75) is 25.8 Å². The van der Waals surface area contributed by atoms with Crippen LogP contribution in [0.25, 0.3) is 0 Å². The molecule has 1 heterocycles. The molecule has 1 amide bonds. The summed E-state index contributed by atoms with van der Waals surface area (Å²) < 4.78 is 5.48. The molecular weight excluding hydrogens is 310 g/mol. The van der Waals surface area contributed by atoms with Gasteiger partial charge < -0.3 is 10.1 Å². The van der Waals surface area contributed by atoms with Crippen LogP contribution in [0.2, 0.25) is 0 Å². The van der Waals surface area contributed by atoms with E-state index in [-0.39, 0.29) is 18.6 Å². The molecule has 1 aromatic heterocycles. The number of para-hydroxylation sites is 1. The lowest BCUT2D eigenvalue weighted by Crippen LogP contribution is -2.33. The van der Waals surface area contributed by atoms with Gasteiger partial charge in [-0.05, 0) is 37.8 Å². The molecule has 0 bridgehead atoms. The van der Waals surface area contributed by atoms with Crippen LogP contribution in [0.5, 0.6) is 5.75 Å². The first-order valence-corrected chi connectivity index (χ1v) is 8.38. The molecule has 3 rings (SSSR count). The van der Waals surface area contributed by atoms with Crippen LogP contribution in [-0.4, -0.2) is 17.5 Å². The Morgan fingerprint density at radius 2 is 2.30 bits per heavy atom. The number of rotatable bonds is 6. The van der Waals surface area contributed by atoms with Crippen molar-refractivity contribution in [3.63, 3.8) is 0 Å². The molecule has 23 heavy (non-hydrogen) atoms. The zero-order chi connectivity index (χ0) is 16.2. The largest absolute Gasteiger partial charge is 0.482 e. The highest BCUT2D eigenvalue weighted by Crippen LogP contribution is 2.41. The first kappa shape index (κ1) is 15.5. The monoisotopic (exact) mass is 327 g/mol. The number of carbonyl (C=O) groups excluding carboxylic acids is 1. The fourth-order valence-corrected chi connectivity index (χ4v) is 3.31. The third kappa shape index (κ3) is 3.88. The van der Waals surface area contributed by atoms with E-state index < -0.39 is 0 Å². The van der Waals surface area contributed by atoms with Crippen molar-refractivity contribution in [2.24, 2.45) is 5.92 Å². The molecule has 1 aliphatic rings. The topological polar surface area (TPSA) is 75.0 Å². The van der Waals surface area contributed by atoms with Gasteiger partial charge in [0, 0.05) is 11.1 Å². The molecule has 0 unspecified atom stereocenters. The van der Waals surface area contributed by atoms with Crippen molar-refractivity contribution < 1.29 is 9.53 Å². The molecule has 118 valence electrons. The maximum Gasteiger partial charge on any atom is 0.258 e. The molecule has 0 radical (unpaired) electrons. The van der Waals surface area contributed by atoms with Crippen LogP contribution in [-0.2, 0) is 4.79 Å². The Labute approximate surface area is 138 Å². The van der Waals surface area contributed by atoms with Crippen LogP contribution in [0.15, 0.2) is 29.6 Å². The Morgan fingerprint density at radius 3 is 2.96 bits per heavy atom. The van der Waals surface area contributed by atoms with Crippen LogP contribution in [0.4, 0.5) is 0 Å². The van der Waals surface area contributed by atoms with Gasteiger partial charge >= 0.3 is 0 Å². The minimum Gasteiger partial charge on any atom is -0.482 e. The quantitative estimate of drug-likeness (QED) is 0.885. The average molecular weight is 327 g/mol. The highest BCUT2D eigenvalue weighted by molar-refractivity contribution is 7.09. The van der Waals surface area contributed by atoms with Crippen molar-refractivity contribution in [2.75, 3.05) is 6.61 Å². The van der Waals surface area contributed by atoms with Gasteiger partial charge in [0.2, 0.25) is 0 Å². The van der Waals surface area contributed by atoms with Crippen LogP contribution in [0, 0.1) is 24.2 Å². The number of aryl methyl sites for hydroxylation is 1. The van der Waals surface area contributed by atoms with Gasteiger partial charge in [-0.15, -0.1) is 11.3 Å². The SMILES string of the molecule is Cc1csc([C@H](NC(=O)COc2ccccc2C#N)C2CC2)n1. The molecule has 1 aliphatic carbocycles. The Kier molecular flexibility index (Phi) is 4.58. The summed E-state index contributed by atoms with van der Waals surface area (Å²) >= 11 is 1.58. The third-order valence-corrected chi connectivity index (χ3v) is 4.72. The maximum atomic E-state index is 12.2. The zero-order valence-electron chi connectivity index (χ0n) is 12.8. The summed E-state index contributed by atoms with van der Waals surface area (Å²) in [5.41, 5.74) is 1.40. The van der Waals surface area contributed by atoms with Crippen LogP contribution < -0.4 is 10.1 Å². The number of hydrogen-bond donors (Lipinski definition) is 1. The standard InChI is InChI=1S/C17H17N3O2S/c1-11-10-23-17(19-11)16(12-6-7-12)20-15(21)9-22-14-5-3-2-4-13(14)8-18/h2-5,10,12,16H,6-7,9H2,1H3,(H,20,21)/t16-/m1/s1. The van der Waals surface area contributed by atoms with E-state index >= 15 is 0 Å². The van der Waals surface area contributed by atoms with Crippen molar-refractivity contribution >= 4 is 17.2 Å². The van der Waals surface area contributed by atoms with Crippen molar-refractivity contribution in [1.29, 1.82) is 5.26 Å². The molecule has 1 saturated carbocycles. The molecule has 1 atom stereocenters. The summed E-state index contributed by atoms with van der Waals surface area (Å²) in [6.07, 6.45) is 2.23. The van der Waals surface area contributed by atoms with E-state index in [0.29, 0.717) is 17.2 Å². The number of aromatic nitrogens is 1. The fraction of sp³-hybridized carbons (Fsp3) is 0.353. The average Bonchev–Trinajstić information content (AvgIpc) is 3.32. The van der Waals surface area contributed by atoms with E-state index in [1.165, 1.54) is 0 Å². The van der Waals surface area contributed by atoms with E-state index in [9.17, 15) is 4.79 Å². The summed E-state index contributed by atoms with van der Waals surface area (Å²) in [4.78, 5) is 16.7. The zero-order valence-corrected chi connectivity index (χ0v) is 13.6. The lowest BCUT2D eigenvalue weighted by atomic mass is 10.2. The predicted octanol–water partition coefficient (Wildman–Crippen LogP) is 2.97. The van der Waals surface area contributed by atoms with E-state index in [0.717, 1.165) is 23.5 Å². The Hall–Kier alpha value is -2.39. The van der Waals surface area contributed by atoms with Crippen molar-refractivity contribution in [3.8, 4) is 11.8 Å². The van der Waals surface area contributed by atoms with E-state index in [1.807, 2.05) is 12.3 Å². The second kappa shape index (κ2) is 6.80. The molecular formula is C17H17N3O2S. The molecule has 5 nitrogen and oxygen atoms in total. The number of amides is 1. The smallest absolute Gasteiger partial charge is 0.258 e. The van der Waals surface area contributed by atoms with Crippen LogP contribution >= 0.6 is 11.3 Å². The Bertz CT molecular complexity index is 746. The molecule has 1 N–H and O–H groups in total. The normalized spacial score (nSPS) is 14.8. The van der Waals surface area contributed by atoms with E-state index in [2.05, 4.69) is 16.4 Å². The highest BCUT2D eigenvalue weighted by Gasteiger charge is 2.35. The number of ether oxygens (including phenoxy) is 1. The minimum atomic E-state index is -0.192. The number of nitrogens with zero attached hydrogens (tertiary/aromatic N) is 2. The number of benzene rings is 1. The third-order valence-electron chi connectivity index (χ3n) is 3.68. The summed E-state index contributed by atoms with van der Waals surface area (Å²) in [7, 11) is 0. The molecule has 0 saturated heterocycles. The number of hydrogen-bond acceptors (Lipinski definition) is 5. The lowest BCUT2D eigenvalue weighted by Gasteiger charge is -2.16. The summed E-state index contributed by atoms with van der Waals surface area (Å²) in [6.45, 7) is 1.85. The molecule has 2 aromatic rings. The molecule has 1 fully saturated rings. The first-order chi connectivity index (χ1) is 11.2. The fourth-order valence-electron chi connectivity index (χ4n) is 2.37. The molecule has 0 aliphatic heterocycles. The predicted molar refractivity (Wildman–Crippen MR) is 87.1 cm³/mol. The Morgan fingerprint density at radius 1 is 1.52 bits per heavy atom. The number of nitriles is 1. The van der Waals surface area contributed by atoms with Gasteiger partial charge in [-0.3, -0.25) is 4.79 Å². The van der Waals surface area contributed by atoms with E-state index in [1.54, 1.807) is 35.6 Å². The summed E-state index contributed by atoms with van der Waals surface area (Å²) in [5.74, 6) is 0.705. The summed E-state index contributed by atoms with van der Waals surface area (Å²) in [5, 5.41) is 15.0. The second-order valence-corrected chi connectivity index (χ2v) is 6.50. The molecule has 0 spiro atoms. The summed E-state index contributed by atoms with van der Waals surface area (Å²) in [6, 6.07) is 8.92. The van der Waals surface area contributed by atoms with Gasteiger partial charge in [0.05, 0.1) is 11.6 Å². The second-order valence-electron chi connectivity index (χ2n) is 5.61. The van der Waals surface area contributed by atoms with Crippen LogP contribution in [0.3, 0.4) is 0 Å². The van der Waals surface area contributed by atoms with Gasteiger partial charge in [0.15, 0.2) is 6.61 Å². The minimum absolute atomic E-state index is 0.0315. The first-order valence-electron chi connectivity index (χ1n) is 7.50. The van der Waals surface area contributed by atoms with Gasteiger partial charge in [-0.1, -0.05) is 12.1 Å². The number of thiazole rings is 1. The van der Waals surface area contributed by atoms with Crippen molar-refractivity contribution in [3.05, 3.63) is 45.9 Å². The number of nitrogens with one attached hydrogen (secondary N) is 1. The van der Waals surface area contributed by atoms with Crippen LogP contribution in [0.1, 0.15) is 35.1 Å². The lowest BCUT2D eigenvalue weighted by molar-refractivity contribution is -0.124. The maximum absolute atomic E-state index is 12.2. The Balaban J connectivity index is 1.61. The van der Waals surface area contributed by atoms with Gasteiger partial charge in [0.25, 0.3) is 5.91 Å². The number of carbonyl (C=O) groups is 1. The molecule has 1 aromatic carbocycles. The highest BCUT2D eigenvalue weighted by atomic mass is 32.1. The van der Waals surface area contributed by atoms with Gasteiger partial charge in [-0.2, -0.15) is 5.26 Å². The van der Waals surface area contributed by atoms with Gasteiger partial charge in [-0.25, -0.2) is 4.98 Å². The molecule has 6 heteroatoms. The van der Waals surface area contributed by atoms with Crippen molar-refractivity contribution in [1.82, 2.24) is 10.3 Å². The van der Waals surface area contributed by atoms with Gasteiger partial charge in [0.1, 0.15) is 16.8 Å². The van der Waals surface area contributed by atoms with E-state index in [4.69, 9.17) is 10.00 Å².